The Morgan fingerprint density at radius 3 is 1.21 bits per heavy atom. The van der Waals surface area contributed by atoms with Crippen molar-refractivity contribution in [3.8, 4) is 34.0 Å². The maximum Gasteiger partial charge on any atom is 0.128 e. The average molecular weight is 505 g/mol. The van der Waals surface area contributed by atoms with Crippen LogP contribution in [0.1, 0.15) is 52.7 Å². The van der Waals surface area contributed by atoms with Crippen molar-refractivity contribution in [2.75, 3.05) is 14.2 Å². The van der Waals surface area contributed by atoms with Crippen molar-refractivity contribution >= 4 is 21.8 Å². The van der Waals surface area contributed by atoms with E-state index in [9.17, 15) is 0 Å². The normalized spacial score (nSPS) is 12.2. The minimum Gasteiger partial charge on any atom is -0.496 e. The van der Waals surface area contributed by atoms with Gasteiger partial charge in [0.05, 0.1) is 36.6 Å². The summed E-state index contributed by atoms with van der Waals surface area (Å²) in [5, 5.41) is 2.10. The van der Waals surface area contributed by atoms with E-state index in [1.165, 1.54) is 11.1 Å². The molecule has 0 aliphatic rings. The Morgan fingerprint density at radius 2 is 0.868 bits per heavy atom. The number of benzene rings is 3. The first-order valence-electron chi connectivity index (χ1n) is 13.1. The van der Waals surface area contributed by atoms with Crippen LogP contribution in [0.25, 0.3) is 44.3 Å². The van der Waals surface area contributed by atoms with Gasteiger partial charge >= 0.3 is 0 Å². The van der Waals surface area contributed by atoms with Gasteiger partial charge in [-0.15, -0.1) is 0 Å². The highest BCUT2D eigenvalue weighted by atomic mass is 16.5. The van der Waals surface area contributed by atoms with E-state index < -0.39 is 0 Å². The van der Waals surface area contributed by atoms with Gasteiger partial charge < -0.3 is 9.47 Å². The molecule has 5 aromatic rings. The number of rotatable bonds is 4. The number of pyridine rings is 2. The topological polar surface area (TPSA) is 44.2 Å². The smallest absolute Gasteiger partial charge is 0.128 e. The van der Waals surface area contributed by atoms with Crippen molar-refractivity contribution in [1.29, 1.82) is 0 Å². The quantitative estimate of drug-likeness (QED) is 0.230. The molecule has 0 spiro atoms. The van der Waals surface area contributed by atoms with Gasteiger partial charge in [-0.1, -0.05) is 77.9 Å². The molecule has 2 aromatic heterocycles. The van der Waals surface area contributed by atoms with Crippen molar-refractivity contribution < 1.29 is 9.47 Å². The van der Waals surface area contributed by atoms with Gasteiger partial charge in [-0.3, -0.25) is 0 Å². The number of nitrogens with zero attached hydrogens (tertiary/aromatic N) is 2. The van der Waals surface area contributed by atoms with E-state index in [2.05, 4.69) is 102 Å². The highest BCUT2D eigenvalue weighted by Gasteiger charge is 2.20. The lowest BCUT2D eigenvalue weighted by Crippen LogP contribution is -2.11. The molecule has 0 saturated heterocycles. The number of hydrogen-bond donors (Lipinski definition) is 0. The number of hydrogen-bond acceptors (Lipinski definition) is 4. The van der Waals surface area contributed by atoms with Crippen LogP contribution in [0.4, 0.5) is 0 Å². The molecule has 0 aliphatic carbocycles. The summed E-state index contributed by atoms with van der Waals surface area (Å²) in [5.41, 5.74) is 7.94. The monoisotopic (exact) mass is 504 g/mol. The van der Waals surface area contributed by atoms with Crippen molar-refractivity contribution in [1.82, 2.24) is 9.97 Å². The molecule has 0 saturated carbocycles. The van der Waals surface area contributed by atoms with Gasteiger partial charge in [0, 0.05) is 21.9 Å². The highest BCUT2D eigenvalue weighted by molar-refractivity contribution is 6.04. The van der Waals surface area contributed by atoms with Gasteiger partial charge in [0.25, 0.3) is 0 Å². The second-order valence-corrected chi connectivity index (χ2v) is 11.9. The first kappa shape index (κ1) is 25.7. The summed E-state index contributed by atoms with van der Waals surface area (Å²) in [4.78, 5) is 10.3. The molecule has 0 atom stereocenters. The third-order valence-corrected chi connectivity index (χ3v) is 7.20. The van der Waals surface area contributed by atoms with Gasteiger partial charge in [-0.25, -0.2) is 9.97 Å². The predicted octanol–water partition coefficient (Wildman–Crippen LogP) is 8.73. The predicted molar refractivity (Wildman–Crippen MR) is 158 cm³/mol. The largest absolute Gasteiger partial charge is 0.496 e. The Bertz CT molecular complexity index is 1530. The second kappa shape index (κ2) is 9.43. The summed E-state index contributed by atoms with van der Waals surface area (Å²) in [6.45, 7) is 13.3. The van der Waals surface area contributed by atoms with Crippen molar-refractivity contribution in [2.24, 2.45) is 0 Å². The van der Waals surface area contributed by atoms with E-state index >= 15 is 0 Å². The zero-order valence-electron chi connectivity index (χ0n) is 23.6. The summed E-state index contributed by atoms with van der Waals surface area (Å²) in [5.74, 6) is 1.62. The Balaban J connectivity index is 1.73. The standard InChI is InChI=1S/C34H36N2O2/c1-33(2,3)23-13-17-29(37-7)25(19-23)27-15-11-21-9-10-22-12-16-28(36-32(22)31(21)35-27)26-20-24(34(4,5)6)14-18-30(26)38-8/h9-20H,1-8H3. The maximum absolute atomic E-state index is 5.74. The summed E-state index contributed by atoms with van der Waals surface area (Å²) >= 11 is 0. The van der Waals surface area contributed by atoms with Crippen LogP contribution in [-0.4, -0.2) is 24.2 Å². The number of fused-ring (bicyclic) bond motifs is 3. The molecule has 4 heteroatoms. The molecule has 38 heavy (non-hydrogen) atoms. The molecule has 2 heterocycles. The molecule has 4 nitrogen and oxygen atoms in total. The van der Waals surface area contributed by atoms with Crippen LogP contribution < -0.4 is 9.47 Å². The number of ether oxygens (including phenoxy) is 2. The highest BCUT2D eigenvalue weighted by Crippen LogP contribution is 2.37. The zero-order chi connectivity index (χ0) is 27.2. The lowest BCUT2D eigenvalue weighted by Gasteiger charge is -2.21. The van der Waals surface area contributed by atoms with E-state index in [1.807, 2.05) is 12.1 Å². The van der Waals surface area contributed by atoms with Gasteiger partial charge in [-0.2, -0.15) is 0 Å². The van der Waals surface area contributed by atoms with Crippen LogP contribution in [-0.2, 0) is 10.8 Å². The third kappa shape index (κ3) is 4.71. The lowest BCUT2D eigenvalue weighted by atomic mass is 9.85. The van der Waals surface area contributed by atoms with E-state index in [-0.39, 0.29) is 10.8 Å². The number of aromatic nitrogens is 2. The Labute approximate surface area is 225 Å². The first-order chi connectivity index (χ1) is 18.0. The third-order valence-electron chi connectivity index (χ3n) is 7.20. The maximum atomic E-state index is 5.74. The molecule has 0 bridgehead atoms. The molecular formula is C34H36N2O2. The summed E-state index contributed by atoms with van der Waals surface area (Å²) in [6.07, 6.45) is 0. The van der Waals surface area contributed by atoms with Crippen molar-refractivity contribution in [2.45, 2.75) is 52.4 Å². The number of methoxy groups -OCH3 is 2. The van der Waals surface area contributed by atoms with Gasteiger partial charge in [-0.05, 0) is 58.4 Å². The van der Waals surface area contributed by atoms with Crippen LogP contribution in [0.2, 0.25) is 0 Å². The van der Waals surface area contributed by atoms with Gasteiger partial charge in [0.1, 0.15) is 11.5 Å². The van der Waals surface area contributed by atoms with E-state index in [1.54, 1.807) is 14.2 Å². The molecule has 0 N–H and O–H groups in total. The average Bonchev–Trinajstić information content (AvgIpc) is 2.90. The van der Waals surface area contributed by atoms with Crippen LogP contribution >= 0.6 is 0 Å². The summed E-state index contributed by atoms with van der Waals surface area (Å²) in [6, 6.07) is 25.3. The SMILES string of the molecule is COc1ccc(C(C)(C)C)cc1-c1ccc2ccc3ccc(-c4cc(C(C)(C)C)ccc4OC)nc3c2n1. The van der Waals surface area contributed by atoms with Gasteiger partial charge in [0.15, 0.2) is 0 Å². The van der Waals surface area contributed by atoms with E-state index in [0.717, 1.165) is 55.8 Å². The second-order valence-electron chi connectivity index (χ2n) is 11.9. The molecule has 194 valence electrons. The van der Waals surface area contributed by atoms with Crippen LogP contribution in [0, 0.1) is 0 Å². The zero-order valence-corrected chi connectivity index (χ0v) is 23.6. The Kier molecular flexibility index (Phi) is 6.38. The molecule has 0 aliphatic heterocycles. The van der Waals surface area contributed by atoms with Crippen molar-refractivity contribution in [3.05, 3.63) is 83.9 Å². The fourth-order valence-corrected chi connectivity index (χ4v) is 4.82. The summed E-state index contributed by atoms with van der Waals surface area (Å²) < 4.78 is 11.5. The van der Waals surface area contributed by atoms with E-state index in [4.69, 9.17) is 19.4 Å². The van der Waals surface area contributed by atoms with E-state index in [0.29, 0.717) is 0 Å². The molecule has 0 radical (unpaired) electrons. The Hall–Kier alpha value is -3.92. The van der Waals surface area contributed by atoms with Crippen molar-refractivity contribution in [3.63, 3.8) is 0 Å². The molecular weight excluding hydrogens is 468 g/mol. The van der Waals surface area contributed by atoms with Crippen LogP contribution in [0.15, 0.2) is 72.8 Å². The lowest BCUT2D eigenvalue weighted by molar-refractivity contribution is 0.415. The molecule has 0 fully saturated rings. The Morgan fingerprint density at radius 1 is 0.500 bits per heavy atom. The van der Waals surface area contributed by atoms with Crippen LogP contribution in [0.5, 0.6) is 11.5 Å². The fourth-order valence-electron chi connectivity index (χ4n) is 4.82. The molecule has 0 amide bonds. The first-order valence-corrected chi connectivity index (χ1v) is 13.1. The minimum atomic E-state index is 0.0155. The summed E-state index contributed by atoms with van der Waals surface area (Å²) in [7, 11) is 3.41. The van der Waals surface area contributed by atoms with Gasteiger partial charge in [0.2, 0.25) is 0 Å². The van der Waals surface area contributed by atoms with Crippen LogP contribution in [0.3, 0.4) is 0 Å². The minimum absolute atomic E-state index is 0.0155. The molecule has 5 rings (SSSR count). The molecule has 0 unspecified atom stereocenters. The fraction of sp³-hybridized carbons (Fsp3) is 0.294. The molecule has 3 aromatic carbocycles.